The van der Waals surface area contributed by atoms with Crippen LogP contribution in [0.15, 0.2) is 23.1 Å². The lowest BCUT2D eigenvalue weighted by atomic mass is 10.2. The Morgan fingerprint density at radius 2 is 2.42 bits per heavy atom. The minimum absolute atomic E-state index is 0.148. The van der Waals surface area contributed by atoms with Crippen molar-refractivity contribution in [1.29, 1.82) is 5.26 Å². The largest absolute Gasteiger partial charge is 0.394 e. The van der Waals surface area contributed by atoms with Crippen LogP contribution in [0, 0.1) is 11.3 Å². The van der Waals surface area contributed by atoms with E-state index in [9.17, 15) is 4.79 Å². The maximum absolute atomic E-state index is 10.8. The van der Waals surface area contributed by atoms with Crippen molar-refractivity contribution in [2.24, 2.45) is 0 Å². The van der Waals surface area contributed by atoms with Crippen molar-refractivity contribution in [2.75, 3.05) is 5.73 Å². The van der Waals surface area contributed by atoms with Gasteiger partial charge in [-0.05, 0) is 17.7 Å². The summed E-state index contributed by atoms with van der Waals surface area (Å²) < 4.78 is 0. The summed E-state index contributed by atoms with van der Waals surface area (Å²) in [6, 6.07) is 3.34. The molecule has 0 unspecified atom stereocenters. The molecule has 60 valence electrons. The van der Waals surface area contributed by atoms with Crippen molar-refractivity contribution in [2.45, 2.75) is 0 Å². The molecule has 4 nitrogen and oxygen atoms in total. The summed E-state index contributed by atoms with van der Waals surface area (Å²) in [7, 11) is 0. The van der Waals surface area contributed by atoms with E-state index in [1.54, 1.807) is 6.08 Å². The quantitative estimate of drug-likeness (QED) is 0.588. The summed E-state index contributed by atoms with van der Waals surface area (Å²) in [5.41, 5.74) is 5.87. The van der Waals surface area contributed by atoms with Gasteiger partial charge in [0.2, 0.25) is 0 Å². The van der Waals surface area contributed by atoms with Crippen LogP contribution in [0.5, 0.6) is 0 Å². The van der Waals surface area contributed by atoms with Gasteiger partial charge < -0.3 is 10.7 Å². The Morgan fingerprint density at radius 3 is 3.00 bits per heavy atom. The van der Waals surface area contributed by atoms with E-state index in [0.29, 0.717) is 5.56 Å². The van der Waals surface area contributed by atoms with Crippen LogP contribution in [0.25, 0.3) is 6.08 Å². The number of allylic oxidation sites excluding steroid dienone is 1. The van der Waals surface area contributed by atoms with Crippen molar-refractivity contribution in [3.05, 3.63) is 34.3 Å². The molecule has 1 heterocycles. The van der Waals surface area contributed by atoms with Crippen LogP contribution in [-0.4, -0.2) is 4.98 Å². The van der Waals surface area contributed by atoms with Gasteiger partial charge in [-0.15, -0.1) is 0 Å². The minimum atomic E-state index is -0.316. The van der Waals surface area contributed by atoms with Crippen molar-refractivity contribution < 1.29 is 0 Å². The molecule has 1 aromatic heterocycles. The molecule has 0 saturated carbocycles. The summed E-state index contributed by atoms with van der Waals surface area (Å²) >= 11 is 0. The first-order chi connectivity index (χ1) is 5.74. The molecule has 1 aromatic rings. The molecule has 0 aliphatic heterocycles. The average Bonchev–Trinajstić information content (AvgIpc) is 2.07. The molecule has 0 aliphatic rings. The zero-order valence-corrected chi connectivity index (χ0v) is 6.24. The Kier molecular flexibility index (Phi) is 2.29. The van der Waals surface area contributed by atoms with E-state index in [-0.39, 0.29) is 11.2 Å². The SMILES string of the molecule is N#CC=Cc1c[nH]c(=O)c(N)c1. The van der Waals surface area contributed by atoms with E-state index in [0.717, 1.165) is 0 Å². The summed E-state index contributed by atoms with van der Waals surface area (Å²) in [6.07, 6.45) is 4.37. The Morgan fingerprint density at radius 1 is 1.67 bits per heavy atom. The van der Waals surface area contributed by atoms with Crippen molar-refractivity contribution in [3.63, 3.8) is 0 Å². The number of aromatic amines is 1. The van der Waals surface area contributed by atoms with Gasteiger partial charge >= 0.3 is 0 Å². The number of nitrogens with zero attached hydrogens (tertiary/aromatic N) is 1. The number of aromatic nitrogens is 1. The molecule has 0 aliphatic carbocycles. The Balaban J connectivity index is 3.07. The van der Waals surface area contributed by atoms with Gasteiger partial charge in [0.05, 0.1) is 11.8 Å². The fourth-order valence-corrected chi connectivity index (χ4v) is 0.749. The third-order valence-corrected chi connectivity index (χ3v) is 1.30. The van der Waals surface area contributed by atoms with Crippen molar-refractivity contribution >= 4 is 11.8 Å². The van der Waals surface area contributed by atoms with E-state index >= 15 is 0 Å². The van der Waals surface area contributed by atoms with E-state index in [1.165, 1.54) is 18.3 Å². The molecule has 0 aromatic carbocycles. The molecule has 4 heteroatoms. The lowest BCUT2D eigenvalue weighted by Crippen LogP contribution is -2.10. The highest BCUT2D eigenvalue weighted by Crippen LogP contribution is 2.01. The lowest BCUT2D eigenvalue weighted by Gasteiger charge is -1.93. The molecule has 0 atom stereocenters. The number of H-pyrrole nitrogens is 1. The molecule has 1 rings (SSSR count). The molecule has 0 amide bonds. The highest BCUT2D eigenvalue weighted by Gasteiger charge is 1.92. The second kappa shape index (κ2) is 3.39. The second-order valence-corrected chi connectivity index (χ2v) is 2.18. The number of hydrogen-bond donors (Lipinski definition) is 2. The van der Waals surface area contributed by atoms with E-state index in [1.807, 2.05) is 6.07 Å². The van der Waals surface area contributed by atoms with E-state index < -0.39 is 0 Å². The first-order valence-corrected chi connectivity index (χ1v) is 3.28. The van der Waals surface area contributed by atoms with Gasteiger partial charge in [-0.1, -0.05) is 0 Å². The highest BCUT2D eigenvalue weighted by molar-refractivity contribution is 5.55. The summed E-state index contributed by atoms with van der Waals surface area (Å²) in [5.74, 6) is 0. The molecule has 0 radical (unpaired) electrons. The number of anilines is 1. The lowest BCUT2D eigenvalue weighted by molar-refractivity contribution is 1.24. The molecule has 12 heavy (non-hydrogen) atoms. The zero-order valence-electron chi connectivity index (χ0n) is 6.24. The van der Waals surface area contributed by atoms with Crippen LogP contribution in [0.1, 0.15) is 5.56 Å². The smallest absolute Gasteiger partial charge is 0.271 e. The molecule has 3 N–H and O–H groups in total. The van der Waals surface area contributed by atoms with E-state index in [4.69, 9.17) is 11.0 Å². The fraction of sp³-hybridized carbons (Fsp3) is 0. The molecular weight excluding hydrogens is 154 g/mol. The Bertz CT molecular complexity index is 397. The van der Waals surface area contributed by atoms with Gasteiger partial charge in [0.25, 0.3) is 5.56 Å². The topological polar surface area (TPSA) is 82.7 Å². The highest BCUT2D eigenvalue weighted by atomic mass is 16.1. The summed E-state index contributed by atoms with van der Waals surface area (Å²) in [5, 5.41) is 8.21. The van der Waals surface area contributed by atoms with Crippen LogP contribution in [0.2, 0.25) is 0 Å². The van der Waals surface area contributed by atoms with Gasteiger partial charge in [0.1, 0.15) is 0 Å². The summed E-state index contributed by atoms with van der Waals surface area (Å²) in [4.78, 5) is 13.2. The predicted octanol–water partition coefficient (Wildman–Crippen LogP) is 0.494. The molecule has 0 saturated heterocycles. The van der Waals surface area contributed by atoms with E-state index in [2.05, 4.69) is 4.98 Å². The third-order valence-electron chi connectivity index (χ3n) is 1.30. The number of pyridine rings is 1. The number of nitrogens with one attached hydrogen (secondary N) is 1. The molecular formula is C8H7N3O. The van der Waals surface area contributed by atoms with Crippen LogP contribution < -0.4 is 11.3 Å². The maximum Gasteiger partial charge on any atom is 0.271 e. The standard InChI is InChI=1S/C8H7N3O/c9-3-1-2-6-4-7(10)8(12)11-5-6/h1-2,4-5H,10H2,(H,11,12). The van der Waals surface area contributed by atoms with Gasteiger partial charge in [0, 0.05) is 12.3 Å². The minimum Gasteiger partial charge on any atom is -0.394 e. The number of hydrogen-bond acceptors (Lipinski definition) is 3. The Labute approximate surface area is 69.0 Å². The first kappa shape index (κ1) is 8.08. The third kappa shape index (κ3) is 1.73. The number of rotatable bonds is 1. The maximum atomic E-state index is 10.8. The monoisotopic (exact) mass is 161 g/mol. The number of nitrogens with two attached hydrogens (primary N) is 1. The van der Waals surface area contributed by atoms with Crippen LogP contribution in [0.4, 0.5) is 5.69 Å². The van der Waals surface area contributed by atoms with Crippen LogP contribution >= 0.6 is 0 Å². The number of nitriles is 1. The number of nitrogen functional groups attached to an aromatic ring is 1. The predicted molar refractivity (Wildman–Crippen MR) is 46.1 cm³/mol. The van der Waals surface area contributed by atoms with Gasteiger partial charge in [0.15, 0.2) is 0 Å². The Hall–Kier alpha value is -2.02. The molecule has 0 fully saturated rings. The normalized spacial score (nSPS) is 9.92. The second-order valence-electron chi connectivity index (χ2n) is 2.18. The fourth-order valence-electron chi connectivity index (χ4n) is 0.749. The van der Waals surface area contributed by atoms with Gasteiger partial charge in [-0.25, -0.2) is 0 Å². The molecule has 0 spiro atoms. The average molecular weight is 161 g/mol. The van der Waals surface area contributed by atoms with Gasteiger partial charge in [-0.3, -0.25) is 4.79 Å². The zero-order chi connectivity index (χ0) is 8.97. The van der Waals surface area contributed by atoms with Gasteiger partial charge in [-0.2, -0.15) is 5.26 Å². The van der Waals surface area contributed by atoms with Crippen LogP contribution in [0.3, 0.4) is 0 Å². The first-order valence-electron chi connectivity index (χ1n) is 3.28. The van der Waals surface area contributed by atoms with Crippen LogP contribution in [-0.2, 0) is 0 Å². The van der Waals surface area contributed by atoms with Crippen molar-refractivity contribution in [1.82, 2.24) is 4.98 Å². The van der Waals surface area contributed by atoms with Crippen molar-refractivity contribution in [3.8, 4) is 6.07 Å². The summed E-state index contributed by atoms with van der Waals surface area (Å²) in [6.45, 7) is 0. The molecule has 0 bridgehead atoms.